The number of hydrogen-bond acceptors (Lipinski definition) is 4. The molecule has 0 atom stereocenters. The molecule has 0 aliphatic heterocycles. The second-order valence-corrected chi connectivity index (χ2v) is 4.72. The normalized spacial score (nSPS) is 11.8. The SMILES string of the molecule is CCC(N)(CC)c1noc(-c2cccc(C)c2F)n1. The first-order valence-electron chi connectivity index (χ1n) is 6.40. The van der Waals surface area contributed by atoms with Crippen LogP contribution in [0.3, 0.4) is 0 Å². The molecule has 4 nitrogen and oxygen atoms in total. The Hall–Kier alpha value is -1.75. The molecular weight excluding hydrogens is 245 g/mol. The van der Waals surface area contributed by atoms with Crippen molar-refractivity contribution in [3.05, 3.63) is 35.4 Å². The lowest BCUT2D eigenvalue weighted by Gasteiger charge is -2.21. The highest BCUT2D eigenvalue weighted by atomic mass is 19.1. The minimum absolute atomic E-state index is 0.174. The summed E-state index contributed by atoms with van der Waals surface area (Å²) in [5, 5.41) is 3.90. The molecule has 1 heterocycles. The van der Waals surface area contributed by atoms with E-state index in [0.717, 1.165) is 0 Å². The van der Waals surface area contributed by atoms with Gasteiger partial charge in [0.15, 0.2) is 5.82 Å². The molecule has 0 aliphatic rings. The van der Waals surface area contributed by atoms with Gasteiger partial charge in [-0.2, -0.15) is 4.98 Å². The summed E-state index contributed by atoms with van der Waals surface area (Å²) in [6, 6.07) is 5.07. The number of aryl methyl sites for hydroxylation is 1. The summed E-state index contributed by atoms with van der Waals surface area (Å²) in [5.74, 6) is 0.259. The third kappa shape index (κ3) is 2.38. The van der Waals surface area contributed by atoms with E-state index in [0.29, 0.717) is 29.8 Å². The largest absolute Gasteiger partial charge is 0.334 e. The van der Waals surface area contributed by atoms with Gasteiger partial charge in [0.25, 0.3) is 5.89 Å². The zero-order valence-electron chi connectivity index (χ0n) is 11.4. The summed E-state index contributed by atoms with van der Waals surface area (Å²) < 4.78 is 19.2. The summed E-state index contributed by atoms with van der Waals surface area (Å²) >= 11 is 0. The molecule has 19 heavy (non-hydrogen) atoms. The molecule has 5 heteroatoms. The number of rotatable bonds is 4. The van der Waals surface area contributed by atoms with Gasteiger partial charge >= 0.3 is 0 Å². The first-order chi connectivity index (χ1) is 9.01. The maximum absolute atomic E-state index is 14.0. The van der Waals surface area contributed by atoms with Gasteiger partial charge in [-0.15, -0.1) is 0 Å². The summed E-state index contributed by atoms with van der Waals surface area (Å²) in [5.41, 5.74) is 6.43. The van der Waals surface area contributed by atoms with Crippen LogP contribution in [0.4, 0.5) is 4.39 Å². The number of aromatic nitrogens is 2. The molecule has 2 N–H and O–H groups in total. The van der Waals surface area contributed by atoms with E-state index >= 15 is 0 Å². The summed E-state index contributed by atoms with van der Waals surface area (Å²) in [4.78, 5) is 4.25. The highest BCUT2D eigenvalue weighted by Gasteiger charge is 2.29. The lowest BCUT2D eigenvalue weighted by Crippen LogP contribution is -2.36. The van der Waals surface area contributed by atoms with Crippen molar-refractivity contribution in [2.45, 2.75) is 39.2 Å². The Bertz CT molecular complexity index is 576. The van der Waals surface area contributed by atoms with Crippen LogP contribution in [0.5, 0.6) is 0 Å². The van der Waals surface area contributed by atoms with Gasteiger partial charge in [-0.3, -0.25) is 0 Å². The van der Waals surface area contributed by atoms with Crippen molar-refractivity contribution in [1.82, 2.24) is 10.1 Å². The number of hydrogen-bond donors (Lipinski definition) is 1. The maximum atomic E-state index is 14.0. The van der Waals surface area contributed by atoms with Gasteiger partial charge in [-0.25, -0.2) is 4.39 Å². The van der Waals surface area contributed by atoms with Crippen LogP contribution in [-0.4, -0.2) is 10.1 Å². The van der Waals surface area contributed by atoms with Gasteiger partial charge in [-0.05, 0) is 31.4 Å². The van der Waals surface area contributed by atoms with E-state index in [9.17, 15) is 4.39 Å². The fourth-order valence-electron chi connectivity index (χ4n) is 1.91. The predicted octanol–water partition coefficient (Wildman–Crippen LogP) is 3.16. The Labute approximate surface area is 111 Å². The van der Waals surface area contributed by atoms with Crippen molar-refractivity contribution >= 4 is 0 Å². The van der Waals surface area contributed by atoms with Crippen molar-refractivity contribution in [3.63, 3.8) is 0 Å². The average molecular weight is 263 g/mol. The Morgan fingerprint density at radius 1 is 1.32 bits per heavy atom. The van der Waals surface area contributed by atoms with Crippen LogP contribution in [0.2, 0.25) is 0 Å². The van der Waals surface area contributed by atoms with Gasteiger partial charge in [-0.1, -0.05) is 31.1 Å². The molecule has 0 fully saturated rings. The molecule has 0 aliphatic carbocycles. The average Bonchev–Trinajstić information content (AvgIpc) is 2.91. The van der Waals surface area contributed by atoms with E-state index in [4.69, 9.17) is 10.3 Å². The second kappa shape index (κ2) is 5.09. The van der Waals surface area contributed by atoms with Gasteiger partial charge in [0.2, 0.25) is 0 Å². The Kier molecular flexibility index (Phi) is 3.66. The van der Waals surface area contributed by atoms with Crippen LogP contribution in [0.25, 0.3) is 11.5 Å². The molecular formula is C14H18FN3O. The fourth-order valence-corrected chi connectivity index (χ4v) is 1.91. The van der Waals surface area contributed by atoms with E-state index < -0.39 is 5.54 Å². The van der Waals surface area contributed by atoms with Crippen LogP contribution in [0.15, 0.2) is 22.7 Å². The fraction of sp³-hybridized carbons (Fsp3) is 0.429. The van der Waals surface area contributed by atoms with Gasteiger partial charge in [0.1, 0.15) is 5.82 Å². The molecule has 0 saturated carbocycles. The van der Waals surface area contributed by atoms with E-state index in [2.05, 4.69) is 10.1 Å². The predicted molar refractivity (Wildman–Crippen MR) is 70.9 cm³/mol. The standard InChI is InChI=1S/C14H18FN3O/c1-4-14(16,5-2)13-17-12(19-18-13)10-8-6-7-9(3)11(10)15/h6-8H,4-5,16H2,1-3H3. The van der Waals surface area contributed by atoms with Crippen molar-refractivity contribution < 1.29 is 8.91 Å². The first-order valence-corrected chi connectivity index (χ1v) is 6.40. The molecule has 0 saturated heterocycles. The smallest absolute Gasteiger partial charge is 0.260 e. The topological polar surface area (TPSA) is 64.9 Å². The highest BCUT2D eigenvalue weighted by Crippen LogP contribution is 2.28. The molecule has 2 aromatic rings. The van der Waals surface area contributed by atoms with Gasteiger partial charge in [0, 0.05) is 0 Å². The Balaban J connectivity index is 2.44. The highest BCUT2D eigenvalue weighted by molar-refractivity contribution is 5.55. The number of nitrogens with zero attached hydrogens (tertiary/aromatic N) is 2. The van der Waals surface area contributed by atoms with Crippen molar-refractivity contribution in [1.29, 1.82) is 0 Å². The lowest BCUT2D eigenvalue weighted by molar-refractivity contribution is 0.350. The van der Waals surface area contributed by atoms with E-state index in [1.54, 1.807) is 25.1 Å². The summed E-state index contributed by atoms with van der Waals surface area (Å²) in [7, 11) is 0. The van der Waals surface area contributed by atoms with E-state index in [1.165, 1.54) is 0 Å². The molecule has 0 unspecified atom stereocenters. The van der Waals surface area contributed by atoms with Crippen LogP contribution in [0, 0.1) is 12.7 Å². The monoisotopic (exact) mass is 263 g/mol. The third-order valence-corrected chi connectivity index (χ3v) is 3.56. The lowest BCUT2D eigenvalue weighted by atomic mass is 9.93. The molecule has 0 radical (unpaired) electrons. The molecule has 0 spiro atoms. The summed E-state index contributed by atoms with van der Waals surface area (Å²) in [6.45, 7) is 5.63. The third-order valence-electron chi connectivity index (χ3n) is 3.56. The van der Waals surface area contributed by atoms with Crippen LogP contribution >= 0.6 is 0 Å². The molecule has 0 bridgehead atoms. The van der Waals surface area contributed by atoms with Crippen molar-refractivity contribution in [3.8, 4) is 11.5 Å². The maximum Gasteiger partial charge on any atom is 0.260 e. The molecule has 2 rings (SSSR count). The molecule has 102 valence electrons. The van der Waals surface area contributed by atoms with Crippen molar-refractivity contribution in [2.24, 2.45) is 5.73 Å². The number of halogens is 1. The molecule has 1 aromatic heterocycles. The van der Waals surface area contributed by atoms with Gasteiger partial charge < -0.3 is 10.3 Å². The van der Waals surface area contributed by atoms with E-state index in [-0.39, 0.29) is 11.7 Å². The van der Waals surface area contributed by atoms with Crippen LogP contribution in [-0.2, 0) is 5.54 Å². The van der Waals surface area contributed by atoms with Crippen LogP contribution in [0.1, 0.15) is 38.1 Å². The summed E-state index contributed by atoms with van der Waals surface area (Å²) in [6.07, 6.45) is 1.39. The Morgan fingerprint density at radius 2 is 2.00 bits per heavy atom. The molecule has 0 amide bonds. The number of nitrogens with two attached hydrogens (primary N) is 1. The second-order valence-electron chi connectivity index (χ2n) is 4.72. The van der Waals surface area contributed by atoms with E-state index in [1.807, 2.05) is 13.8 Å². The van der Waals surface area contributed by atoms with Crippen LogP contribution < -0.4 is 5.73 Å². The minimum Gasteiger partial charge on any atom is -0.334 e. The zero-order valence-corrected chi connectivity index (χ0v) is 11.4. The first kappa shape index (κ1) is 13.7. The molecule has 1 aromatic carbocycles. The number of benzene rings is 1. The van der Waals surface area contributed by atoms with Gasteiger partial charge in [0.05, 0.1) is 11.1 Å². The quantitative estimate of drug-likeness (QED) is 0.920. The Morgan fingerprint density at radius 3 is 2.63 bits per heavy atom. The van der Waals surface area contributed by atoms with Crippen molar-refractivity contribution in [2.75, 3.05) is 0 Å². The zero-order chi connectivity index (χ0) is 14.0. The minimum atomic E-state index is -0.623.